The summed E-state index contributed by atoms with van der Waals surface area (Å²) in [5.41, 5.74) is 4.35. The van der Waals surface area contributed by atoms with Crippen molar-refractivity contribution in [1.82, 2.24) is 9.78 Å². The molecule has 1 heterocycles. The van der Waals surface area contributed by atoms with Gasteiger partial charge in [-0.2, -0.15) is 5.10 Å². The predicted octanol–water partition coefficient (Wildman–Crippen LogP) is 6.41. The monoisotopic (exact) mass is 340 g/mol. The molecule has 138 valence electrons. The standard InChI is InChI=1S/C23H36N2/c1-17(2)18-14-24-25(15-18)23(8,9)16-22(6,7)20-12-10-19(11-13-20)21(3,4)5/h10-15,17H,16H2,1-9H3. The summed E-state index contributed by atoms with van der Waals surface area (Å²) in [6, 6.07) is 9.18. The zero-order valence-corrected chi connectivity index (χ0v) is 17.6. The molecule has 0 aliphatic carbocycles. The van der Waals surface area contributed by atoms with Crippen molar-refractivity contribution in [2.24, 2.45) is 0 Å². The lowest BCUT2D eigenvalue weighted by Crippen LogP contribution is -2.35. The van der Waals surface area contributed by atoms with E-state index in [-0.39, 0.29) is 16.4 Å². The summed E-state index contributed by atoms with van der Waals surface area (Å²) >= 11 is 0. The Balaban J connectivity index is 2.23. The first-order valence-corrected chi connectivity index (χ1v) is 9.49. The maximum absolute atomic E-state index is 4.65. The number of aromatic nitrogens is 2. The minimum Gasteiger partial charge on any atom is -0.267 e. The zero-order chi connectivity index (χ0) is 19.0. The van der Waals surface area contributed by atoms with E-state index in [4.69, 9.17) is 0 Å². The number of nitrogens with zero attached hydrogens (tertiary/aromatic N) is 2. The van der Waals surface area contributed by atoms with Gasteiger partial charge in [0.15, 0.2) is 0 Å². The number of hydrogen-bond acceptors (Lipinski definition) is 1. The van der Waals surface area contributed by atoms with Crippen molar-refractivity contribution < 1.29 is 0 Å². The average Bonchev–Trinajstić information content (AvgIpc) is 2.96. The van der Waals surface area contributed by atoms with E-state index >= 15 is 0 Å². The first-order chi connectivity index (χ1) is 11.3. The predicted molar refractivity (Wildman–Crippen MR) is 108 cm³/mol. The third-order valence-electron chi connectivity index (χ3n) is 5.30. The van der Waals surface area contributed by atoms with Crippen LogP contribution in [0.4, 0.5) is 0 Å². The van der Waals surface area contributed by atoms with Gasteiger partial charge in [-0.1, -0.05) is 72.7 Å². The average molecular weight is 341 g/mol. The Kier molecular flexibility index (Phi) is 5.23. The quantitative estimate of drug-likeness (QED) is 0.615. The fraction of sp³-hybridized carbons (Fsp3) is 0.609. The van der Waals surface area contributed by atoms with Gasteiger partial charge in [-0.3, -0.25) is 4.68 Å². The lowest BCUT2D eigenvalue weighted by atomic mass is 9.74. The molecule has 2 heteroatoms. The molecule has 0 saturated carbocycles. The highest BCUT2D eigenvalue weighted by atomic mass is 15.3. The SMILES string of the molecule is CC(C)c1cnn(C(C)(C)CC(C)(C)c2ccc(C(C)(C)C)cc2)c1. The number of benzene rings is 1. The molecule has 0 unspecified atom stereocenters. The van der Waals surface area contributed by atoms with Crippen molar-refractivity contribution in [3.63, 3.8) is 0 Å². The summed E-state index contributed by atoms with van der Waals surface area (Å²) in [4.78, 5) is 0. The molecule has 25 heavy (non-hydrogen) atoms. The van der Waals surface area contributed by atoms with Crippen LogP contribution in [-0.2, 0) is 16.4 Å². The molecule has 0 radical (unpaired) electrons. The maximum atomic E-state index is 4.65. The second-order valence-corrected chi connectivity index (χ2v) is 10.1. The van der Waals surface area contributed by atoms with Gasteiger partial charge in [0.05, 0.1) is 11.7 Å². The molecule has 0 amide bonds. The molecule has 2 nitrogen and oxygen atoms in total. The Labute approximate surface area is 154 Å². The molecule has 0 N–H and O–H groups in total. The van der Waals surface area contributed by atoms with Crippen LogP contribution in [0.1, 0.15) is 91.3 Å². The van der Waals surface area contributed by atoms with Gasteiger partial charge in [-0.05, 0) is 53.7 Å². The number of hydrogen-bond donors (Lipinski definition) is 0. The molecule has 0 bridgehead atoms. The minimum absolute atomic E-state index is 0.0284. The molecule has 0 saturated heterocycles. The highest BCUT2D eigenvalue weighted by Gasteiger charge is 2.32. The highest BCUT2D eigenvalue weighted by molar-refractivity contribution is 5.31. The van der Waals surface area contributed by atoms with E-state index in [1.807, 2.05) is 6.20 Å². The lowest BCUT2D eigenvalue weighted by molar-refractivity contribution is 0.234. The van der Waals surface area contributed by atoms with Gasteiger partial charge in [0.2, 0.25) is 0 Å². The second-order valence-electron chi connectivity index (χ2n) is 10.1. The van der Waals surface area contributed by atoms with E-state index in [0.29, 0.717) is 5.92 Å². The van der Waals surface area contributed by atoms with E-state index in [9.17, 15) is 0 Å². The van der Waals surface area contributed by atoms with Crippen molar-refractivity contribution in [2.75, 3.05) is 0 Å². The van der Waals surface area contributed by atoms with Gasteiger partial charge >= 0.3 is 0 Å². The third-order valence-corrected chi connectivity index (χ3v) is 5.30. The number of rotatable bonds is 5. The van der Waals surface area contributed by atoms with Crippen LogP contribution in [0.3, 0.4) is 0 Å². The third kappa shape index (κ3) is 4.54. The van der Waals surface area contributed by atoms with Crippen molar-refractivity contribution >= 4 is 0 Å². The molecule has 1 aromatic heterocycles. The van der Waals surface area contributed by atoms with Crippen LogP contribution in [0.2, 0.25) is 0 Å². The fourth-order valence-corrected chi connectivity index (χ4v) is 3.65. The molecule has 0 atom stereocenters. The van der Waals surface area contributed by atoms with Crippen LogP contribution in [0.25, 0.3) is 0 Å². The van der Waals surface area contributed by atoms with Crippen LogP contribution in [-0.4, -0.2) is 9.78 Å². The zero-order valence-electron chi connectivity index (χ0n) is 17.6. The fourth-order valence-electron chi connectivity index (χ4n) is 3.65. The Morgan fingerprint density at radius 2 is 1.40 bits per heavy atom. The van der Waals surface area contributed by atoms with Crippen LogP contribution in [0.5, 0.6) is 0 Å². The summed E-state index contributed by atoms with van der Waals surface area (Å²) in [6.45, 7) is 20.5. The highest BCUT2D eigenvalue weighted by Crippen LogP contribution is 2.36. The van der Waals surface area contributed by atoms with Gasteiger partial charge in [0.25, 0.3) is 0 Å². The van der Waals surface area contributed by atoms with Gasteiger partial charge in [0, 0.05) is 6.20 Å². The van der Waals surface area contributed by atoms with E-state index < -0.39 is 0 Å². The lowest BCUT2D eigenvalue weighted by Gasteiger charge is -2.36. The Morgan fingerprint density at radius 1 is 0.880 bits per heavy atom. The van der Waals surface area contributed by atoms with Crippen LogP contribution in [0.15, 0.2) is 36.7 Å². The second kappa shape index (κ2) is 6.63. The van der Waals surface area contributed by atoms with E-state index in [2.05, 4.69) is 103 Å². The largest absolute Gasteiger partial charge is 0.267 e. The Morgan fingerprint density at radius 3 is 1.84 bits per heavy atom. The van der Waals surface area contributed by atoms with Crippen LogP contribution < -0.4 is 0 Å². The van der Waals surface area contributed by atoms with Crippen LogP contribution >= 0.6 is 0 Å². The summed E-state index contributed by atoms with van der Waals surface area (Å²) in [5.74, 6) is 0.516. The Hall–Kier alpha value is -1.57. The summed E-state index contributed by atoms with van der Waals surface area (Å²) in [7, 11) is 0. The van der Waals surface area contributed by atoms with Gasteiger partial charge in [-0.25, -0.2) is 0 Å². The van der Waals surface area contributed by atoms with Crippen molar-refractivity contribution in [2.45, 2.75) is 91.0 Å². The first kappa shape index (κ1) is 19.8. The molecule has 2 rings (SSSR count). The van der Waals surface area contributed by atoms with Gasteiger partial charge in [-0.15, -0.1) is 0 Å². The van der Waals surface area contributed by atoms with Crippen molar-refractivity contribution in [3.05, 3.63) is 53.3 Å². The molecule has 0 aliphatic rings. The van der Waals surface area contributed by atoms with E-state index in [1.54, 1.807) is 0 Å². The van der Waals surface area contributed by atoms with Gasteiger partial charge in [0.1, 0.15) is 0 Å². The summed E-state index contributed by atoms with van der Waals surface area (Å²) in [5, 5.41) is 4.65. The summed E-state index contributed by atoms with van der Waals surface area (Å²) < 4.78 is 2.15. The molecule has 0 aliphatic heterocycles. The Bertz CT molecular complexity index is 694. The van der Waals surface area contributed by atoms with Crippen molar-refractivity contribution in [1.29, 1.82) is 0 Å². The van der Waals surface area contributed by atoms with E-state index in [1.165, 1.54) is 16.7 Å². The van der Waals surface area contributed by atoms with Crippen LogP contribution in [0, 0.1) is 0 Å². The smallest absolute Gasteiger partial charge is 0.0579 e. The van der Waals surface area contributed by atoms with E-state index in [0.717, 1.165) is 6.42 Å². The molecule has 0 spiro atoms. The van der Waals surface area contributed by atoms with Gasteiger partial charge < -0.3 is 0 Å². The minimum atomic E-state index is -0.0284. The molecule has 0 fully saturated rings. The topological polar surface area (TPSA) is 17.8 Å². The molecule has 1 aromatic carbocycles. The normalized spacial score (nSPS) is 13.5. The maximum Gasteiger partial charge on any atom is 0.0579 e. The molecule has 2 aromatic rings. The first-order valence-electron chi connectivity index (χ1n) is 9.49. The molecular weight excluding hydrogens is 304 g/mol. The van der Waals surface area contributed by atoms with Crippen molar-refractivity contribution in [3.8, 4) is 0 Å². The molecular formula is C23H36N2. The summed E-state index contributed by atoms with van der Waals surface area (Å²) in [6.07, 6.45) is 5.26.